The first-order chi connectivity index (χ1) is 31.9. The van der Waals surface area contributed by atoms with E-state index in [1.807, 2.05) is 0 Å². The number of rotatable bonds is 11. The number of carboxylic acid groups (broad SMARTS) is 1. The normalized spacial score (nSPS) is 34.8. The molecule has 4 aliphatic rings. The predicted octanol–water partition coefficient (Wildman–Crippen LogP) is -3.78. The lowest BCUT2D eigenvalue weighted by Crippen LogP contribution is -2.72. The number of phenolic OH excluding ortho intramolecular Hbond substituents is 2. The second kappa shape index (κ2) is 19.2. The standard InChI is InChI=1S/C44H44O24/c45-13-21-28(51)32(55)34(57)40(67-21)43(65)36(59)23(19(49)11-5-15-1-7-17(47)8-2-15)30(53)26(38(43)61)25(42(63)64)27-31(54)24(20(50)12-6-16-3-9-18(48)10-4-16)37(60)44(66,39(27)62)41-35(58)33(56)29(52)22(14-46)68-41/h1-12,21-22,25,28-29,32-35,40-41,45-58,65-66H,13-14H2,(H,63,64)/b11-5+,12-6+,23-19?,24-20?/t21-,22-,25?,28-,29-,32+,33+,34-,35-,40-,41-,43?,44?/m1/s1. The second-order valence-electron chi connectivity index (χ2n) is 16.0. The summed E-state index contributed by atoms with van der Waals surface area (Å²) in [6.45, 7) is -2.51. The van der Waals surface area contributed by atoms with Crippen LogP contribution in [0.2, 0.25) is 0 Å². The summed E-state index contributed by atoms with van der Waals surface area (Å²) in [6.07, 6.45) is -21.5. The van der Waals surface area contributed by atoms with Gasteiger partial charge in [0, 0.05) is 0 Å². The van der Waals surface area contributed by atoms with Gasteiger partial charge in [-0.2, -0.15) is 0 Å². The number of benzene rings is 2. The number of Topliss-reactive ketones (excluding diaryl/α,β-unsaturated/α-hetero) is 4. The number of carboxylic acids is 1. The van der Waals surface area contributed by atoms with Crippen LogP contribution in [0.5, 0.6) is 11.5 Å². The molecule has 364 valence electrons. The van der Waals surface area contributed by atoms with Gasteiger partial charge in [-0.25, -0.2) is 0 Å². The first kappa shape index (κ1) is 50.8. The maximum Gasteiger partial charge on any atom is 0.316 e. The Labute approximate surface area is 381 Å². The van der Waals surface area contributed by atoms with Gasteiger partial charge in [0.1, 0.15) is 113 Å². The summed E-state index contributed by atoms with van der Waals surface area (Å²) in [5, 5.41) is 186. The molecule has 6 rings (SSSR count). The number of allylic oxidation sites excluding steroid dienone is 4. The number of aliphatic carboxylic acids is 1. The summed E-state index contributed by atoms with van der Waals surface area (Å²) < 4.78 is 10.6. The highest BCUT2D eigenvalue weighted by atomic mass is 16.6. The molecule has 0 bridgehead atoms. The van der Waals surface area contributed by atoms with Crippen molar-refractivity contribution in [2.45, 2.75) is 72.2 Å². The smallest absolute Gasteiger partial charge is 0.316 e. The molecule has 0 radical (unpaired) electrons. The molecule has 17 N–H and O–H groups in total. The van der Waals surface area contributed by atoms with Crippen LogP contribution in [0.4, 0.5) is 0 Å². The van der Waals surface area contributed by atoms with Crippen molar-refractivity contribution >= 4 is 41.3 Å². The number of aromatic hydroxyl groups is 2. The number of hydrogen-bond donors (Lipinski definition) is 17. The third-order valence-electron chi connectivity index (χ3n) is 11.9. The van der Waals surface area contributed by atoms with Crippen LogP contribution < -0.4 is 0 Å². The van der Waals surface area contributed by atoms with Crippen molar-refractivity contribution in [3.8, 4) is 11.5 Å². The van der Waals surface area contributed by atoms with Crippen LogP contribution in [0.3, 0.4) is 0 Å². The molecule has 2 saturated heterocycles. The highest BCUT2D eigenvalue weighted by molar-refractivity contribution is 6.32. The average molecular weight is 957 g/mol. The van der Waals surface area contributed by atoms with Gasteiger partial charge in [0.25, 0.3) is 0 Å². The lowest BCUT2D eigenvalue weighted by atomic mass is 9.64. The molecule has 0 aromatic heterocycles. The number of carbonyl (C=O) groups excluding carboxylic acids is 4. The lowest BCUT2D eigenvalue weighted by Gasteiger charge is -2.48. The minimum Gasteiger partial charge on any atom is -0.508 e. The Morgan fingerprint density at radius 1 is 0.529 bits per heavy atom. The van der Waals surface area contributed by atoms with Gasteiger partial charge in [0.2, 0.25) is 34.3 Å². The maximum atomic E-state index is 14.8. The number of ether oxygens (including phenoxy) is 2. The van der Waals surface area contributed by atoms with Gasteiger partial charge in [0.15, 0.2) is 0 Å². The van der Waals surface area contributed by atoms with Gasteiger partial charge >= 0.3 is 5.97 Å². The summed E-state index contributed by atoms with van der Waals surface area (Å²) in [5.41, 5.74) is -15.2. The van der Waals surface area contributed by atoms with Crippen LogP contribution in [0.1, 0.15) is 11.1 Å². The van der Waals surface area contributed by atoms with E-state index in [9.17, 15) is 111 Å². The fourth-order valence-electron chi connectivity index (χ4n) is 8.20. The molecule has 2 aromatic rings. The summed E-state index contributed by atoms with van der Waals surface area (Å²) in [7, 11) is 0. The van der Waals surface area contributed by atoms with Gasteiger partial charge in [-0.15, -0.1) is 0 Å². The number of phenols is 2. The van der Waals surface area contributed by atoms with Crippen LogP contribution in [0.15, 0.2) is 106 Å². The molecule has 24 heteroatoms. The summed E-state index contributed by atoms with van der Waals surface area (Å²) in [6, 6.07) is 9.68. The zero-order valence-corrected chi connectivity index (χ0v) is 34.7. The third-order valence-corrected chi connectivity index (χ3v) is 11.9. The van der Waals surface area contributed by atoms with Gasteiger partial charge in [-0.05, 0) is 47.5 Å². The third kappa shape index (κ3) is 8.37. The summed E-state index contributed by atoms with van der Waals surface area (Å²) in [4.78, 5) is 72.1. The largest absolute Gasteiger partial charge is 0.508 e. The van der Waals surface area contributed by atoms with E-state index in [4.69, 9.17) is 9.47 Å². The minimum absolute atomic E-state index is 0.143. The number of aliphatic hydroxyl groups excluding tert-OH is 12. The number of ketones is 4. The fraction of sp³-hybridized carbons (Fsp3) is 0.341. The molecule has 0 saturated carbocycles. The highest BCUT2D eigenvalue weighted by Crippen LogP contribution is 2.47. The van der Waals surface area contributed by atoms with E-state index < -0.39 is 166 Å². The molecule has 2 heterocycles. The quantitative estimate of drug-likeness (QED) is 0.0584. The fourth-order valence-corrected chi connectivity index (χ4v) is 8.20. The van der Waals surface area contributed by atoms with Crippen LogP contribution >= 0.6 is 0 Å². The number of carbonyl (C=O) groups is 5. The van der Waals surface area contributed by atoms with Crippen molar-refractivity contribution in [2.24, 2.45) is 5.92 Å². The molecule has 68 heavy (non-hydrogen) atoms. The van der Waals surface area contributed by atoms with Gasteiger partial charge in [-0.1, -0.05) is 36.4 Å². The molecule has 24 nitrogen and oxygen atoms in total. The van der Waals surface area contributed by atoms with E-state index in [2.05, 4.69) is 0 Å². The Balaban J connectivity index is 1.68. The van der Waals surface area contributed by atoms with Gasteiger partial charge < -0.3 is 96.3 Å². The SMILES string of the molecule is O=C(O)C(C1=C(O)C(=C(O)/C=C/c2ccc(O)cc2)C(=O)C(O)([C@@H]2O[C@H](CO)[C@@H](O)[C@H](O)[C@H]2O)C1=O)C1=C(O)C(=C(O)/C=C/c2ccc(O)cc2)C(=O)C(O)([C@@H]2O[C@H](CO)[C@@H](O)[C@H](O)[C@H]2O)C1=O. The van der Waals surface area contributed by atoms with Crippen molar-refractivity contribution in [3.05, 3.63) is 117 Å². The predicted molar refractivity (Wildman–Crippen MR) is 221 cm³/mol. The second-order valence-corrected chi connectivity index (χ2v) is 16.0. The van der Waals surface area contributed by atoms with E-state index in [1.54, 1.807) is 0 Å². The Kier molecular flexibility index (Phi) is 14.3. The minimum atomic E-state index is -4.19. The average Bonchev–Trinajstić information content (AvgIpc) is 3.30. The van der Waals surface area contributed by atoms with E-state index in [0.717, 1.165) is 12.2 Å². The number of hydrogen-bond acceptors (Lipinski definition) is 23. The zero-order chi connectivity index (χ0) is 50.5. The van der Waals surface area contributed by atoms with E-state index in [-0.39, 0.29) is 22.6 Å². The van der Waals surface area contributed by atoms with Crippen molar-refractivity contribution in [1.29, 1.82) is 0 Å². The van der Waals surface area contributed by atoms with Crippen molar-refractivity contribution in [2.75, 3.05) is 13.2 Å². The molecule has 2 aliphatic carbocycles. The van der Waals surface area contributed by atoms with Gasteiger partial charge in [0.05, 0.1) is 24.4 Å². The first-order valence-corrected chi connectivity index (χ1v) is 20.0. The monoisotopic (exact) mass is 956 g/mol. The van der Waals surface area contributed by atoms with E-state index in [0.29, 0.717) is 12.2 Å². The van der Waals surface area contributed by atoms with Crippen molar-refractivity contribution in [1.82, 2.24) is 0 Å². The van der Waals surface area contributed by atoms with Crippen LogP contribution in [0, 0.1) is 5.92 Å². The topological polar surface area (TPSA) is 448 Å². The van der Waals surface area contributed by atoms with E-state index in [1.165, 1.54) is 48.5 Å². The summed E-state index contributed by atoms with van der Waals surface area (Å²) >= 11 is 0. The Hall–Kier alpha value is -6.65. The van der Waals surface area contributed by atoms with Crippen LogP contribution in [-0.2, 0) is 33.4 Å². The molecule has 0 spiro atoms. The molecule has 2 fully saturated rings. The van der Waals surface area contributed by atoms with Crippen LogP contribution in [-0.4, -0.2) is 201 Å². The molecular formula is C44H44O24. The lowest BCUT2D eigenvalue weighted by molar-refractivity contribution is -0.260. The van der Waals surface area contributed by atoms with E-state index >= 15 is 0 Å². The number of aliphatic hydroxyl groups is 14. The molecule has 0 amide bonds. The van der Waals surface area contributed by atoms with Crippen molar-refractivity contribution < 1.29 is 120 Å². The molecule has 2 unspecified atom stereocenters. The Morgan fingerprint density at radius 2 is 0.853 bits per heavy atom. The molecule has 2 aromatic carbocycles. The highest BCUT2D eigenvalue weighted by Gasteiger charge is 2.68. The Morgan fingerprint density at radius 3 is 1.15 bits per heavy atom. The molecular weight excluding hydrogens is 912 g/mol. The molecule has 12 atom stereocenters. The van der Waals surface area contributed by atoms with Crippen LogP contribution in [0.25, 0.3) is 12.2 Å². The first-order valence-electron chi connectivity index (χ1n) is 20.0. The Bertz CT molecular complexity index is 2400. The van der Waals surface area contributed by atoms with Crippen molar-refractivity contribution in [3.63, 3.8) is 0 Å². The molecule has 2 aliphatic heterocycles. The maximum absolute atomic E-state index is 14.8. The van der Waals surface area contributed by atoms with Gasteiger partial charge in [-0.3, -0.25) is 24.0 Å². The summed E-state index contributed by atoms with van der Waals surface area (Å²) in [5.74, 6) is -22.2. The zero-order valence-electron chi connectivity index (χ0n) is 34.7.